The molecule has 0 unspecified atom stereocenters. The number of carbonyl (C=O) groups excluding carboxylic acids is 1. The second-order valence-electron chi connectivity index (χ2n) is 5.12. The number of carbonyl (C=O) groups is 1. The molecule has 0 aliphatic carbocycles. The minimum atomic E-state index is -1.19. The molecule has 24 heavy (non-hydrogen) atoms. The summed E-state index contributed by atoms with van der Waals surface area (Å²) in [6.07, 6.45) is -0.259. The standard InChI is InChI=1S/C16H18N4O4/c1-9-6-14(21)18-16(17-9)20-19-10(2)11-4-5-13(24-3)12(7-11)8-15(22)23/h4-7H,8H2,1-3H3,(H,22,23)(H2,17,18,20,21)/p-1/b19-10-. The van der Waals surface area contributed by atoms with Gasteiger partial charge in [0.2, 0.25) is 5.95 Å². The largest absolute Gasteiger partial charge is 0.550 e. The molecular weight excluding hydrogens is 312 g/mol. The number of aromatic nitrogens is 2. The Balaban J connectivity index is 2.26. The zero-order valence-electron chi connectivity index (χ0n) is 13.5. The Labute approximate surface area is 138 Å². The van der Waals surface area contributed by atoms with E-state index >= 15 is 0 Å². The number of anilines is 1. The van der Waals surface area contributed by atoms with Gasteiger partial charge in [-0.1, -0.05) is 0 Å². The highest BCUT2D eigenvalue weighted by Crippen LogP contribution is 2.21. The number of aryl methyl sites for hydroxylation is 1. The minimum absolute atomic E-state index is 0.225. The Morgan fingerprint density at radius 3 is 2.79 bits per heavy atom. The van der Waals surface area contributed by atoms with Crippen LogP contribution in [0.2, 0.25) is 0 Å². The van der Waals surface area contributed by atoms with E-state index in [0.29, 0.717) is 28.3 Å². The highest BCUT2D eigenvalue weighted by molar-refractivity contribution is 5.99. The number of aromatic amines is 1. The summed E-state index contributed by atoms with van der Waals surface area (Å²) < 4.78 is 5.14. The molecule has 1 aromatic carbocycles. The predicted molar refractivity (Wildman–Crippen MR) is 87.1 cm³/mol. The van der Waals surface area contributed by atoms with E-state index in [-0.39, 0.29) is 17.9 Å². The number of rotatable bonds is 6. The minimum Gasteiger partial charge on any atom is -0.550 e. The molecule has 1 aromatic heterocycles. The van der Waals surface area contributed by atoms with E-state index in [1.54, 1.807) is 32.0 Å². The van der Waals surface area contributed by atoms with Crippen molar-refractivity contribution in [2.75, 3.05) is 12.5 Å². The second kappa shape index (κ2) is 7.40. The van der Waals surface area contributed by atoms with E-state index in [4.69, 9.17) is 4.74 Å². The van der Waals surface area contributed by atoms with Gasteiger partial charge in [0, 0.05) is 29.7 Å². The Kier molecular flexibility index (Phi) is 5.31. The number of nitrogens with one attached hydrogen (secondary N) is 2. The molecule has 0 atom stereocenters. The van der Waals surface area contributed by atoms with E-state index in [1.165, 1.54) is 13.2 Å². The molecule has 0 aliphatic heterocycles. The van der Waals surface area contributed by atoms with Gasteiger partial charge in [0.15, 0.2) is 0 Å². The van der Waals surface area contributed by atoms with E-state index in [1.807, 2.05) is 0 Å². The molecule has 2 rings (SSSR count). The second-order valence-corrected chi connectivity index (χ2v) is 5.12. The predicted octanol–water partition coefficient (Wildman–Crippen LogP) is 0.215. The SMILES string of the molecule is COc1ccc(/C(C)=N\Nc2nc(C)cc(=O)[nH]2)cc1CC(=O)[O-]. The number of hydrogen-bond donors (Lipinski definition) is 2. The molecule has 8 heteroatoms. The van der Waals surface area contributed by atoms with Crippen LogP contribution in [0.25, 0.3) is 0 Å². The summed E-state index contributed by atoms with van der Waals surface area (Å²) in [5.41, 5.74) is 4.74. The fourth-order valence-corrected chi connectivity index (χ4v) is 2.13. The van der Waals surface area contributed by atoms with Gasteiger partial charge in [-0.3, -0.25) is 9.78 Å². The number of nitrogens with zero attached hydrogens (tertiary/aromatic N) is 2. The van der Waals surface area contributed by atoms with Gasteiger partial charge < -0.3 is 14.6 Å². The van der Waals surface area contributed by atoms with Gasteiger partial charge in [-0.15, -0.1) is 0 Å². The van der Waals surface area contributed by atoms with E-state index in [9.17, 15) is 14.7 Å². The van der Waals surface area contributed by atoms with Crippen molar-refractivity contribution in [1.82, 2.24) is 9.97 Å². The number of carboxylic acids is 1. The Bertz CT molecular complexity index is 842. The Morgan fingerprint density at radius 2 is 2.17 bits per heavy atom. The molecule has 8 nitrogen and oxygen atoms in total. The van der Waals surface area contributed by atoms with Crippen LogP contribution >= 0.6 is 0 Å². The number of hydrazone groups is 1. The summed E-state index contributed by atoms with van der Waals surface area (Å²) >= 11 is 0. The maximum atomic E-state index is 11.4. The molecule has 0 bridgehead atoms. The number of methoxy groups -OCH3 is 1. The maximum Gasteiger partial charge on any atom is 0.252 e. The van der Waals surface area contributed by atoms with Crippen molar-refractivity contribution in [2.45, 2.75) is 20.3 Å². The molecule has 0 fully saturated rings. The van der Waals surface area contributed by atoms with Crippen molar-refractivity contribution in [3.8, 4) is 5.75 Å². The Morgan fingerprint density at radius 1 is 1.42 bits per heavy atom. The lowest BCUT2D eigenvalue weighted by atomic mass is 10.0. The normalized spacial score (nSPS) is 11.2. The van der Waals surface area contributed by atoms with Crippen molar-refractivity contribution in [2.24, 2.45) is 5.10 Å². The van der Waals surface area contributed by atoms with Crippen LogP contribution in [0.3, 0.4) is 0 Å². The fraction of sp³-hybridized carbons (Fsp3) is 0.250. The number of aliphatic carboxylic acids is 1. The number of hydrogen-bond acceptors (Lipinski definition) is 7. The van der Waals surface area contributed by atoms with Crippen LogP contribution < -0.4 is 20.8 Å². The molecule has 2 N–H and O–H groups in total. The van der Waals surface area contributed by atoms with Gasteiger partial charge >= 0.3 is 0 Å². The topological polar surface area (TPSA) is 120 Å². The van der Waals surface area contributed by atoms with Crippen molar-refractivity contribution in [3.63, 3.8) is 0 Å². The van der Waals surface area contributed by atoms with Crippen LogP contribution in [0.4, 0.5) is 5.95 Å². The first-order chi connectivity index (χ1) is 11.4. The number of carboxylic acid groups (broad SMARTS) is 1. The summed E-state index contributed by atoms with van der Waals surface area (Å²) in [5, 5.41) is 15.0. The van der Waals surface area contributed by atoms with Crippen LogP contribution in [0.15, 0.2) is 34.2 Å². The monoisotopic (exact) mass is 329 g/mol. The van der Waals surface area contributed by atoms with Gasteiger partial charge in [-0.25, -0.2) is 10.4 Å². The third-order valence-corrected chi connectivity index (χ3v) is 3.23. The summed E-state index contributed by atoms with van der Waals surface area (Å²) in [5.74, 6) is -0.504. The first-order valence-corrected chi connectivity index (χ1v) is 7.14. The fourth-order valence-electron chi connectivity index (χ4n) is 2.13. The van der Waals surface area contributed by atoms with Crippen LogP contribution in [-0.2, 0) is 11.2 Å². The maximum absolute atomic E-state index is 11.4. The smallest absolute Gasteiger partial charge is 0.252 e. The van der Waals surface area contributed by atoms with Crippen molar-refractivity contribution >= 4 is 17.6 Å². The molecular formula is C16H17N4O4-. The van der Waals surface area contributed by atoms with Gasteiger partial charge in [-0.2, -0.15) is 5.10 Å². The molecule has 0 radical (unpaired) electrons. The molecule has 0 saturated carbocycles. The lowest BCUT2D eigenvalue weighted by Gasteiger charge is -2.11. The van der Waals surface area contributed by atoms with Crippen molar-refractivity contribution in [1.29, 1.82) is 0 Å². The third kappa shape index (κ3) is 4.42. The molecule has 0 spiro atoms. The molecule has 2 aromatic rings. The quantitative estimate of drug-likeness (QED) is 0.578. The zero-order valence-corrected chi connectivity index (χ0v) is 13.5. The Hall–Kier alpha value is -3.16. The lowest BCUT2D eigenvalue weighted by Crippen LogP contribution is -2.24. The van der Waals surface area contributed by atoms with E-state index < -0.39 is 5.97 Å². The number of H-pyrrole nitrogens is 1. The average Bonchev–Trinajstić information content (AvgIpc) is 2.51. The summed E-state index contributed by atoms with van der Waals surface area (Å²) in [6, 6.07) is 6.46. The molecule has 1 heterocycles. The van der Waals surface area contributed by atoms with Gasteiger partial charge in [0.05, 0.1) is 12.8 Å². The van der Waals surface area contributed by atoms with Crippen LogP contribution in [0.5, 0.6) is 5.75 Å². The van der Waals surface area contributed by atoms with E-state index in [2.05, 4.69) is 20.5 Å². The highest BCUT2D eigenvalue weighted by atomic mass is 16.5. The molecule has 0 aliphatic rings. The first kappa shape index (κ1) is 17.2. The molecule has 0 saturated heterocycles. The number of benzene rings is 1. The first-order valence-electron chi connectivity index (χ1n) is 7.14. The lowest BCUT2D eigenvalue weighted by molar-refractivity contribution is -0.304. The van der Waals surface area contributed by atoms with Gasteiger partial charge in [0.1, 0.15) is 5.75 Å². The van der Waals surface area contributed by atoms with Crippen LogP contribution in [0.1, 0.15) is 23.7 Å². The van der Waals surface area contributed by atoms with Crippen molar-refractivity contribution < 1.29 is 14.6 Å². The summed E-state index contributed by atoms with van der Waals surface area (Å²) in [7, 11) is 1.47. The van der Waals surface area contributed by atoms with Crippen LogP contribution in [-0.4, -0.2) is 28.8 Å². The summed E-state index contributed by atoms with van der Waals surface area (Å²) in [6.45, 7) is 3.44. The summed E-state index contributed by atoms with van der Waals surface area (Å²) in [4.78, 5) is 28.8. The highest BCUT2D eigenvalue weighted by Gasteiger charge is 2.07. The van der Waals surface area contributed by atoms with Crippen molar-refractivity contribution in [3.05, 3.63) is 51.4 Å². The number of ether oxygens (including phenoxy) is 1. The van der Waals surface area contributed by atoms with E-state index in [0.717, 1.165) is 0 Å². The van der Waals surface area contributed by atoms with Gasteiger partial charge in [0.25, 0.3) is 5.56 Å². The van der Waals surface area contributed by atoms with Gasteiger partial charge in [-0.05, 0) is 37.6 Å². The average molecular weight is 329 g/mol. The molecule has 126 valence electrons. The molecule has 0 amide bonds. The third-order valence-electron chi connectivity index (χ3n) is 3.23. The van der Waals surface area contributed by atoms with Crippen LogP contribution in [0, 0.1) is 6.92 Å². The zero-order chi connectivity index (χ0) is 17.7.